The Balaban J connectivity index is 1.46. The molecule has 0 bridgehead atoms. The topological polar surface area (TPSA) is 66.5 Å². The van der Waals surface area contributed by atoms with Crippen molar-refractivity contribution < 1.29 is 13.2 Å². The average Bonchev–Trinajstić information content (AvgIpc) is 2.73. The highest BCUT2D eigenvalue weighted by molar-refractivity contribution is 7.89. The maximum absolute atomic E-state index is 12.7. The highest BCUT2D eigenvalue weighted by Crippen LogP contribution is 2.30. The molecule has 0 atom stereocenters. The minimum absolute atomic E-state index is 0.0377. The van der Waals surface area contributed by atoms with Crippen molar-refractivity contribution in [2.24, 2.45) is 11.8 Å². The Bertz CT molecular complexity index is 861. The Morgan fingerprint density at radius 1 is 0.964 bits per heavy atom. The Morgan fingerprint density at radius 2 is 1.54 bits per heavy atom. The number of hydrogen-bond acceptors (Lipinski definition) is 3. The Labute approximate surface area is 167 Å². The highest BCUT2D eigenvalue weighted by atomic mass is 32.2. The van der Waals surface area contributed by atoms with Gasteiger partial charge in [0, 0.05) is 26.1 Å². The normalized spacial score (nSPS) is 19.9. The fourth-order valence-corrected chi connectivity index (χ4v) is 4.91. The third kappa shape index (κ3) is 5.42. The van der Waals surface area contributed by atoms with Crippen molar-refractivity contribution in [3.8, 4) is 0 Å². The first kappa shape index (κ1) is 20.6. The summed E-state index contributed by atoms with van der Waals surface area (Å²) in [4.78, 5) is 14.8. The molecular weight excluding hydrogens is 372 g/mol. The fourth-order valence-electron chi connectivity index (χ4n) is 3.77. The van der Waals surface area contributed by atoms with Crippen LogP contribution in [0.5, 0.6) is 0 Å². The van der Waals surface area contributed by atoms with Crippen molar-refractivity contribution in [2.45, 2.75) is 37.1 Å². The first-order chi connectivity index (χ1) is 13.5. The zero-order valence-electron chi connectivity index (χ0n) is 16.3. The van der Waals surface area contributed by atoms with Gasteiger partial charge in [-0.25, -0.2) is 13.1 Å². The van der Waals surface area contributed by atoms with Crippen molar-refractivity contribution in [3.63, 3.8) is 0 Å². The van der Waals surface area contributed by atoms with E-state index in [9.17, 15) is 13.2 Å². The van der Waals surface area contributed by atoms with Gasteiger partial charge in [-0.1, -0.05) is 48.5 Å². The Hall–Kier alpha value is -2.18. The van der Waals surface area contributed by atoms with Crippen molar-refractivity contribution in [3.05, 3.63) is 66.2 Å². The number of sulfonamides is 1. The standard InChI is InChI=1S/C22H28N2O3S/c1-24(17-19-8-4-2-5-9-19)22(25)20-14-12-18(13-15-20)16-23-28(26,27)21-10-6-3-7-11-21/h2-11,18,20,23H,12-17H2,1H3. The molecule has 2 aromatic carbocycles. The predicted molar refractivity (Wildman–Crippen MR) is 110 cm³/mol. The Morgan fingerprint density at radius 3 is 2.14 bits per heavy atom. The third-order valence-electron chi connectivity index (χ3n) is 5.45. The lowest BCUT2D eigenvalue weighted by Gasteiger charge is -2.30. The van der Waals surface area contributed by atoms with Crippen LogP contribution in [0.25, 0.3) is 0 Å². The van der Waals surface area contributed by atoms with Crippen LogP contribution in [-0.2, 0) is 21.4 Å². The number of nitrogens with one attached hydrogen (secondary N) is 1. The van der Waals surface area contributed by atoms with E-state index in [-0.39, 0.29) is 17.7 Å². The molecule has 0 saturated heterocycles. The van der Waals surface area contributed by atoms with Crippen LogP contribution in [0.2, 0.25) is 0 Å². The van der Waals surface area contributed by atoms with E-state index in [0.29, 0.717) is 18.0 Å². The van der Waals surface area contributed by atoms with Crippen molar-refractivity contribution in [2.75, 3.05) is 13.6 Å². The van der Waals surface area contributed by atoms with E-state index < -0.39 is 10.0 Å². The van der Waals surface area contributed by atoms with Gasteiger partial charge in [-0.3, -0.25) is 4.79 Å². The Kier molecular flexibility index (Phi) is 6.86. The molecule has 2 aromatic rings. The lowest BCUT2D eigenvalue weighted by atomic mass is 9.81. The summed E-state index contributed by atoms with van der Waals surface area (Å²) in [7, 11) is -1.61. The number of carbonyl (C=O) groups excluding carboxylic acids is 1. The van der Waals surface area contributed by atoms with Gasteiger partial charge in [0.15, 0.2) is 0 Å². The summed E-state index contributed by atoms with van der Waals surface area (Å²) >= 11 is 0. The second kappa shape index (κ2) is 9.34. The minimum atomic E-state index is -3.46. The number of amides is 1. The summed E-state index contributed by atoms with van der Waals surface area (Å²) in [5.74, 6) is 0.504. The second-order valence-electron chi connectivity index (χ2n) is 7.56. The molecule has 0 aromatic heterocycles. The number of benzene rings is 2. The number of carbonyl (C=O) groups is 1. The average molecular weight is 401 g/mol. The molecule has 0 spiro atoms. The molecule has 0 unspecified atom stereocenters. The molecule has 0 radical (unpaired) electrons. The van der Waals surface area contributed by atoms with Crippen LogP contribution in [0, 0.1) is 11.8 Å². The van der Waals surface area contributed by atoms with Crippen LogP contribution in [0.3, 0.4) is 0 Å². The van der Waals surface area contributed by atoms with Gasteiger partial charge in [-0.2, -0.15) is 0 Å². The molecule has 5 nitrogen and oxygen atoms in total. The van der Waals surface area contributed by atoms with Crippen molar-refractivity contribution in [1.29, 1.82) is 0 Å². The van der Waals surface area contributed by atoms with Crippen LogP contribution in [0.1, 0.15) is 31.2 Å². The van der Waals surface area contributed by atoms with Gasteiger partial charge < -0.3 is 4.90 Å². The molecule has 150 valence electrons. The number of rotatable bonds is 7. The van der Waals surface area contributed by atoms with Crippen molar-refractivity contribution >= 4 is 15.9 Å². The molecule has 1 aliphatic carbocycles. The number of nitrogens with zero attached hydrogens (tertiary/aromatic N) is 1. The summed E-state index contributed by atoms with van der Waals surface area (Å²) in [5.41, 5.74) is 1.13. The van der Waals surface area contributed by atoms with Crippen molar-refractivity contribution in [1.82, 2.24) is 9.62 Å². The quantitative estimate of drug-likeness (QED) is 0.774. The molecule has 0 heterocycles. The predicted octanol–water partition coefficient (Wildman–Crippen LogP) is 3.43. The maximum Gasteiger partial charge on any atom is 0.240 e. The SMILES string of the molecule is CN(Cc1ccccc1)C(=O)C1CCC(CNS(=O)(=O)c2ccccc2)CC1. The molecule has 1 N–H and O–H groups in total. The molecule has 6 heteroatoms. The molecule has 28 heavy (non-hydrogen) atoms. The van der Waals surface area contributed by atoms with Gasteiger partial charge in [-0.15, -0.1) is 0 Å². The summed E-state index contributed by atoms with van der Waals surface area (Å²) in [6.07, 6.45) is 3.37. The molecule has 1 fully saturated rings. The fraction of sp³-hybridized carbons (Fsp3) is 0.409. The first-order valence-electron chi connectivity index (χ1n) is 9.79. The van der Waals surface area contributed by atoms with E-state index in [0.717, 1.165) is 31.2 Å². The zero-order valence-corrected chi connectivity index (χ0v) is 17.1. The molecular formula is C22H28N2O3S. The van der Waals surface area contributed by atoms with E-state index in [2.05, 4.69) is 4.72 Å². The van der Waals surface area contributed by atoms with Crippen LogP contribution in [0.15, 0.2) is 65.6 Å². The molecule has 3 rings (SSSR count). The third-order valence-corrected chi connectivity index (χ3v) is 6.89. The van der Waals surface area contributed by atoms with Crippen LogP contribution >= 0.6 is 0 Å². The molecule has 1 amide bonds. The van der Waals surface area contributed by atoms with Gasteiger partial charge in [0.25, 0.3) is 0 Å². The van der Waals surface area contributed by atoms with Gasteiger partial charge in [0.2, 0.25) is 15.9 Å². The monoisotopic (exact) mass is 400 g/mol. The highest BCUT2D eigenvalue weighted by Gasteiger charge is 2.29. The molecule has 1 aliphatic rings. The van der Waals surface area contributed by atoms with Gasteiger partial charge >= 0.3 is 0 Å². The van der Waals surface area contributed by atoms with E-state index in [1.54, 1.807) is 35.2 Å². The van der Waals surface area contributed by atoms with E-state index >= 15 is 0 Å². The lowest BCUT2D eigenvalue weighted by Crippen LogP contribution is -2.36. The van der Waals surface area contributed by atoms with E-state index in [1.807, 2.05) is 37.4 Å². The van der Waals surface area contributed by atoms with E-state index in [1.165, 1.54) is 0 Å². The van der Waals surface area contributed by atoms with Crippen LogP contribution in [-0.4, -0.2) is 32.8 Å². The van der Waals surface area contributed by atoms with E-state index in [4.69, 9.17) is 0 Å². The summed E-state index contributed by atoms with van der Waals surface area (Å²) in [6, 6.07) is 18.4. The van der Waals surface area contributed by atoms with Gasteiger partial charge in [0.1, 0.15) is 0 Å². The molecule has 0 aliphatic heterocycles. The van der Waals surface area contributed by atoms with Gasteiger partial charge in [-0.05, 0) is 49.3 Å². The summed E-state index contributed by atoms with van der Waals surface area (Å²) in [5, 5.41) is 0. The largest absolute Gasteiger partial charge is 0.341 e. The zero-order chi connectivity index (χ0) is 20.0. The minimum Gasteiger partial charge on any atom is -0.341 e. The summed E-state index contributed by atoms with van der Waals surface area (Å²) < 4.78 is 27.4. The second-order valence-corrected chi connectivity index (χ2v) is 9.33. The van der Waals surface area contributed by atoms with Gasteiger partial charge in [0.05, 0.1) is 4.90 Å². The van der Waals surface area contributed by atoms with Crippen LogP contribution in [0.4, 0.5) is 0 Å². The maximum atomic E-state index is 12.7. The number of hydrogen-bond donors (Lipinski definition) is 1. The smallest absolute Gasteiger partial charge is 0.240 e. The van der Waals surface area contributed by atoms with Crippen LogP contribution < -0.4 is 4.72 Å². The first-order valence-corrected chi connectivity index (χ1v) is 11.3. The summed E-state index contributed by atoms with van der Waals surface area (Å²) in [6.45, 7) is 1.05. The molecule has 1 saturated carbocycles. The lowest BCUT2D eigenvalue weighted by molar-refractivity contribution is -0.136.